The van der Waals surface area contributed by atoms with Gasteiger partial charge in [-0.05, 0) is 12.1 Å². The summed E-state index contributed by atoms with van der Waals surface area (Å²) in [5.41, 5.74) is -0.532. The largest absolute Gasteiger partial charge is 0.324 e. The van der Waals surface area contributed by atoms with Crippen molar-refractivity contribution in [2.24, 2.45) is 5.41 Å². The van der Waals surface area contributed by atoms with Crippen LogP contribution in [0.3, 0.4) is 0 Å². The molecule has 86 valence electrons. The SMILES string of the molecule is CC1(C)CS(=O)(=O)c2ccccc2NC1=O. The molecule has 1 aliphatic heterocycles. The zero-order valence-corrected chi connectivity index (χ0v) is 9.97. The Bertz CT molecular complexity index is 546. The standard InChI is InChI=1S/C11H13NO3S/c1-11(2)7-16(14,15)9-6-4-3-5-8(9)12-10(11)13/h3-6H,7H2,1-2H3,(H,12,13). The third-order valence-electron chi connectivity index (χ3n) is 2.64. The number of fused-ring (bicyclic) bond motifs is 1. The van der Waals surface area contributed by atoms with Crippen molar-refractivity contribution in [3.63, 3.8) is 0 Å². The van der Waals surface area contributed by atoms with Crippen LogP contribution in [0.25, 0.3) is 0 Å². The van der Waals surface area contributed by atoms with Crippen LogP contribution in [0.2, 0.25) is 0 Å². The number of para-hydroxylation sites is 1. The van der Waals surface area contributed by atoms with Crippen LogP contribution in [0.4, 0.5) is 5.69 Å². The maximum Gasteiger partial charge on any atom is 0.231 e. The molecule has 16 heavy (non-hydrogen) atoms. The molecule has 1 heterocycles. The Morgan fingerprint density at radius 2 is 1.88 bits per heavy atom. The molecule has 0 saturated heterocycles. The zero-order chi connectivity index (χ0) is 12.0. The summed E-state index contributed by atoms with van der Waals surface area (Å²) in [6, 6.07) is 6.48. The van der Waals surface area contributed by atoms with E-state index < -0.39 is 15.3 Å². The lowest BCUT2D eigenvalue weighted by Crippen LogP contribution is -2.34. The van der Waals surface area contributed by atoms with Crippen LogP contribution < -0.4 is 5.32 Å². The highest BCUT2D eigenvalue weighted by molar-refractivity contribution is 7.91. The van der Waals surface area contributed by atoms with Crippen molar-refractivity contribution >= 4 is 21.4 Å². The van der Waals surface area contributed by atoms with Crippen molar-refractivity contribution in [3.8, 4) is 0 Å². The average Bonchev–Trinajstić information content (AvgIpc) is 2.22. The molecule has 1 amide bonds. The maximum atomic E-state index is 12.1. The summed E-state index contributed by atoms with van der Waals surface area (Å²) in [5, 5.41) is 2.65. The van der Waals surface area contributed by atoms with E-state index in [9.17, 15) is 13.2 Å². The van der Waals surface area contributed by atoms with Crippen molar-refractivity contribution in [2.75, 3.05) is 11.1 Å². The van der Waals surface area contributed by atoms with Crippen LogP contribution in [-0.4, -0.2) is 20.1 Å². The van der Waals surface area contributed by atoms with E-state index in [-0.39, 0.29) is 16.6 Å². The van der Waals surface area contributed by atoms with Crippen LogP contribution in [0, 0.1) is 5.41 Å². The molecule has 5 heteroatoms. The summed E-state index contributed by atoms with van der Waals surface area (Å²) in [7, 11) is -3.40. The molecule has 0 saturated carbocycles. The van der Waals surface area contributed by atoms with Gasteiger partial charge in [0.15, 0.2) is 9.84 Å². The fraction of sp³-hybridized carbons (Fsp3) is 0.364. The number of hydrogen-bond donors (Lipinski definition) is 1. The highest BCUT2D eigenvalue weighted by Gasteiger charge is 2.38. The number of hydrogen-bond acceptors (Lipinski definition) is 3. The van der Waals surface area contributed by atoms with Crippen molar-refractivity contribution in [1.29, 1.82) is 0 Å². The van der Waals surface area contributed by atoms with Gasteiger partial charge < -0.3 is 5.32 Å². The molecule has 0 atom stereocenters. The van der Waals surface area contributed by atoms with Gasteiger partial charge in [-0.2, -0.15) is 0 Å². The molecule has 0 aromatic heterocycles. The molecule has 0 fully saturated rings. The van der Waals surface area contributed by atoms with Gasteiger partial charge in [0.05, 0.1) is 21.8 Å². The molecular weight excluding hydrogens is 226 g/mol. The van der Waals surface area contributed by atoms with Crippen LogP contribution >= 0.6 is 0 Å². The second kappa shape index (κ2) is 3.31. The first kappa shape index (κ1) is 11.1. The van der Waals surface area contributed by atoms with E-state index in [4.69, 9.17) is 0 Å². The number of nitrogens with one attached hydrogen (secondary N) is 1. The molecule has 0 aliphatic carbocycles. The minimum absolute atomic E-state index is 0.164. The van der Waals surface area contributed by atoms with Gasteiger partial charge in [-0.25, -0.2) is 8.42 Å². The van der Waals surface area contributed by atoms with Crippen LogP contribution in [0.1, 0.15) is 13.8 Å². The summed E-state index contributed by atoms with van der Waals surface area (Å²) in [5.74, 6) is -0.427. The number of carbonyl (C=O) groups excluding carboxylic acids is 1. The molecule has 1 N–H and O–H groups in total. The molecule has 4 nitrogen and oxygen atoms in total. The Balaban J connectivity index is 2.66. The quantitative estimate of drug-likeness (QED) is 0.745. The molecule has 0 spiro atoms. The third-order valence-corrected chi connectivity index (χ3v) is 4.76. The summed E-state index contributed by atoms with van der Waals surface area (Å²) in [4.78, 5) is 12.0. The summed E-state index contributed by atoms with van der Waals surface area (Å²) in [6.07, 6.45) is 0. The van der Waals surface area contributed by atoms with Gasteiger partial charge in [0.2, 0.25) is 5.91 Å². The van der Waals surface area contributed by atoms with Crippen molar-refractivity contribution in [1.82, 2.24) is 0 Å². The summed E-state index contributed by atoms with van der Waals surface area (Å²) < 4.78 is 24.1. The minimum Gasteiger partial charge on any atom is -0.324 e. The Morgan fingerprint density at radius 1 is 1.25 bits per heavy atom. The zero-order valence-electron chi connectivity index (χ0n) is 9.15. The van der Waals surface area contributed by atoms with E-state index in [1.165, 1.54) is 6.07 Å². The van der Waals surface area contributed by atoms with Crippen LogP contribution in [-0.2, 0) is 14.6 Å². The molecule has 1 aromatic carbocycles. The smallest absolute Gasteiger partial charge is 0.231 e. The number of anilines is 1. The molecule has 0 unspecified atom stereocenters. The van der Waals surface area contributed by atoms with Gasteiger partial charge >= 0.3 is 0 Å². The van der Waals surface area contributed by atoms with E-state index in [1.807, 2.05) is 0 Å². The van der Waals surface area contributed by atoms with Crippen LogP contribution in [0.15, 0.2) is 29.2 Å². The van der Waals surface area contributed by atoms with Crippen molar-refractivity contribution < 1.29 is 13.2 Å². The van der Waals surface area contributed by atoms with Crippen molar-refractivity contribution in [2.45, 2.75) is 18.7 Å². The predicted octanol–water partition coefficient (Wildman–Crippen LogP) is 1.44. The van der Waals surface area contributed by atoms with E-state index in [1.54, 1.807) is 32.0 Å². The van der Waals surface area contributed by atoms with Crippen LogP contribution in [0.5, 0.6) is 0 Å². The lowest BCUT2D eigenvalue weighted by atomic mass is 9.95. The molecule has 0 radical (unpaired) electrons. The molecule has 0 bridgehead atoms. The maximum absolute atomic E-state index is 12.1. The van der Waals surface area contributed by atoms with Gasteiger partial charge in [-0.3, -0.25) is 4.79 Å². The topological polar surface area (TPSA) is 63.2 Å². The number of benzene rings is 1. The Labute approximate surface area is 94.6 Å². The summed E-state index contributed by atoms with van der Waals surface area (Å²) >= 11 is 0. The first-order valence-electron chi connectivity index (χ1n) is 4.96. The monoisotopic (exact) mass is 239 g/mol. The third kappa shape index (κ3) is 1.71. The highest BCUT2D eigenvalue weighted by atomic mass is 32.2. The second-order valence-electron chi connectivity index (χ2n) is 4.59. The Morgan fingerprint density at radius 3 is 2.56 bits per heavy atom. The van der Waals surface area contributed by atoms with Gasteiger partial charge in [0.1, 0.15) is 0 Å². The number of sulfone groups is 1. The number of amides is 1. The highest BCUT2D eigenvalue weighted by Crippen LogP contribution is 2.32. The molecule has 1 aliphatic rings. The fourth-order valence-electron chi connectivity index (χ4n) is 1.75. The lowest BCUT2D eigenvalue weighted by molar-refractivity contribution is -0.122. The number of rotatable bonds is 0. The van der Waals surface area contributed by atoms with Gasteiger partial charge in [0.25, 0.3) is 0 Å². The molecular formula is C11H13NO3S. The van der Waals surface area contributed by atoms with Gasteiger partial charge in [0, 0.05) is 0 Å². The predicted molar refractivity (Wildman–Crippen MR) is 60.9 cm³/mol. The minimum atomic E-state index is -3.40. The normalized spacial score (nSPS) is 21.8. The molecule has 2 rings (SSSR count). The fourth-order valence-corrected chi connectivity index (χ4v) is 3.73. The second-order valence-corrected chi connectivity index (χ2v) is 6.55. The Kier molecular flexibility index (Phi) is 2.31. The lowest BCUT2D eigenvalue weighted by Gasteiger charge is -2.18. The van der Waals surface area contributed by atoms with E-state index in [2.05, 4.69) is 5.32 Å². The first-order valence-corrected chi connectivity index (χ1v) is 6.61. The average molecular weight is 239 g/mol. The first-order chi connectivity index (χ1) is 7.33. The van der Waals surface area contributed by atoms with Gasteiger partial charge in [-0.15, -0.1) is 0 Å². The van der Waals surface area contributed by atoms with E-state index >= 15 is 0 Å². The Hall–Kier alpha value is -1.36. The number of carbonyl (C=O) groups is 1. The molecule has 1 aromatic rings. The van der Waals surface area contributed by atoms with Crippen molar-refractivity contribution in [3.05, 3.63) is 24.3 Å². The van der Waals surface area contributed by atoms with E-state index in [0.717, 1.165) is 0 Å². The van der Waals surface area contributed by atoms with E-state index in [0.29, 0.717) is 5.69 Å². The summed E-state index contributed by atoms with van der Waals surface area (Å²) in [6.45, 7) is 3.26. The van der Waals surface area contributed by atoms with Gasteiger partial charge in [-0.1, -0.05) is 26.0 Å².